The number of methoxy groups -OCH3 is 4. The van der Waals surface area contributed by atoms with E-state index in [0.29, 0.717) is 111 Å². The zero-order chi connectivity index (χ0) is 72.0. The lowest BCUT2D eigenvalue weighted by Gasteiger charge is -2.33. The number of ether oxygens (including phenoxy) is 8. The van der Waals surface area contributed by atoms with E-state index < -0.39 is 30.0 Å². The number of benzene rings is 4. The number of aromatic nitrogens is 4. The topological polar surface area (TPSA) is 290 Å². The number of hydrogen-bond donors (Lipinski definition) is 4. The molecule has 532 valence electrons. The molecule has 3 unspecified atom stereocenters. The van der Waals surface area contributed by atoms with Crippen LogP contribution in [0.4, 0.5) is 0 Å². The molecule has 11 rings (SSSR count). The molecule has 101 heavy (non-hydrogen) atoms. The van der Waals surface area contributed by atoms with E-state index in [9.17, 15) is 34.2 Å². The molecule has 4 aromatic heterocycles. The average molecular weight is 1380 g/mol. The van der Waals surface area contributed by atoms with E-state index >= 15 is 0 Å². The van der Waals surface area contributed by atoms with Crippen LogP contribution in [0.1, 0.15) is 134 Å². The quantitative estimate of drug-likeness (QED) is 0.0348. The Morgan fingerprint density at radius 1 is 0.416 bits per heavy atom. The maximum atomic E-state index is 11.8. The number of hydrogen-bond acceptors (Lipinski definition) is 20. The molecule has 3 atom stereocenters. The van der Waals surface area contributed by atoms with Crippen molar-refractivity contribution in [1.82, 2.24) is 35.1 Å². The van der Waals surface area contributed by atoms with Crippen molar-refractivity contribution >= 4 is 30.5 Å². The largest absolute Gasteiger partial charge is 0.481 e. The number of nitrogens with zero attached hydrogens (tertiary/aromatic N) is 6. The highest BCUT2D eigenvalue weighted by Crippen LogP contribution is 2.35. The fraction of sp³-hybridized carbons (Fsp3) is 0.372. The Balaban J connectivity index is 0.000000218. The molecule has 3 aliphatic heterocycles. The minimum Gasteiger partial charge on any atom is -0.481 e. The van der Waals surface area contributed by atoms with Crippen molar-refractivity contribution in [2.45, 2.75) is 143 Å². The van der Waals surface area contributed by atoms with Gasteiger partial charge in [-0.05, 0) is 177 Å². The van der Waals surface area contributed by atoms with E-state index in [2.05, 4.69) is 77.2 Å². The maximum absolute atomic E-state index is 11.8. The van der Waals surface area contributed by atoms with Gasteiger partial charge in [0.05, 0.1) is 39.6 Å². The van der Waals surface area contributed by atoms with Gasteiger partial charge in [-0.2, -0.15) is 19.9 Å². The maximum Gasteiger partial charge on any atom is 0.320 e. The Morgan fingerprint density at radius 3 is 1.03 bits per heavy atom. The van der Waals surface area contributed by atoms with E-state index in [1.807, 2.05) is 82.6 Å². The van der Waals surface area contributed by atoms with Gasteiger partial charge >= 0.3 is 17.9 Å². The zero-order valence-corrected chi connectivity index (χ0v) is 58.5. The van der Waals surface area contributed by atoms with Gasteiger partial charge in [0.15, 0.2) is 12.6 Å². The Morgan fingerprint density at radius 2 is 0.743 bits per heavy atom. The highest BCUT2D eigenvalue weighted by atomic mass is 16.5. The van der Waals surface area contributed by atoms with Crippen LogP contribution in [-0.4, -0.2) is 142 Å². The average Bonchev–Trinajstić information content (AvgIpc) is 0.810. The third-order valence-corrected chi connectivity index (χ3v) is 18.6. The van der Waals surface area contributed by atoms with Crippen LogP contribution in [0.25, 0.3) is 22.3 Å². The van der Waals surface area contributed by atoms with E-state index in [1.165, 1.54) is 14.2 Å². The fourth-order valence-corrected chi connectivity index (χ4v) is 12.7. The van der Waals surface area contributed by atoms with Crippen molar-refractivity contribution in [2.24, 2.45) is 0 Å². The zero-order valence-electron chi connectivity index (χ0n) is 58.5. The van der Waals surface area contributed by atoms with Crippen LogP contribution in [0.2, 0.25) is 0 Å². The molecule has 7 heterocycles. The Labute approximate surface area is 588 Å². The van der Waals surface area contributed by atoms with Gasteiger partial charge in [-0.1, -0.05) is 92.1 Å². The van der Waals surface area contributed by atoms with Crippen LogP contribution in [0.3, 0.4) is 0 Å². The number of carboxylic acids is 3. The number of carbonyl (C=O) groups excluding carboxylic acids is 2. The minimum atomic E-state index is -0.794. The third kappa shape index (κ3) is 19.5. The van der Waals surface area contributed by atoms with Crippen molar-refractivity contribution in [2.75, 3.05) is 48.1 Å². The summed E-state index contributed by atoms with van der Waals surface area (Å²) in [4.78, 5) is 77.8. The molecule has 8 aromatic rings. The molecule has 4 aromatic carbocycles. The summed E-state index contributed by atoms with van der Waals surface area (Å²) in [6.45, 7) is 12.7. The first kappa shape index (κ1) is 74.7. The monoisotopic (exact) mass is 1380 g/mol. The van der Waals surface area contributed by atoms with Crippen LogP contribution in [0.15, 0.2) is 121 Å². The minimum absolute atomic E-state index is 0.228. The van der Waals surface area contributed by atoms with Crippen molar-refractivity contribution in [1.29, 1.82) is 0 Å². The molecule has 23 nitrogen and oxygen atoms in total. The molecule has 3 fully saturated rings. The van der Waals surface area contributed by atoms with Crippen molar-refractivity contribution in [3.8, 4) is 69.3 Å². The molecule has 3 aliphatic rings. The summed E-state index contributed by atoms with van der Waals surface area (Å²) in [5.41, 5.74) is 15.1. The number of aldehydes is 2. The lowest BCUT2D eigenvalue weighted by molar-refractivity contribution is -0.145. The van der Waals surface area contributed by atoms with Crippen molar-refractivity contribution < 1.29 is 77.2 Å². The van der Waals surface area contributed by atoms with Crippen LogP contribution in [0, 0.1) is 27.7 Å². The molecule has 0 radical (unpaired) electrons. The lowest BCUT2D eigenvalue weighted by atomic mass is 9.92. The van der Waals surface area contributed by atoms with Crippen LogP contribution >= 0.6 is 0 Å². The van der Waals surface area contributed by atoms with Gasteiger partial charge in [-0.3, -0.25) is 33.8 Å². The summed E-state index contributed by atoms with van der Waals surface area (Å²) in [6, 6.07) is 37.2. The first-order valence-electron chi connectivity index (χ1n) is 33.8. The number of likely N-dealkylation sites (tertiary alicyclic amines) is 2. The Hall–Kier alpha value is -10.5. The third-order valence-electron chi connectivity index (χ3n) is 18.6. The van der Waals surface area contributed by atoms with Gasteiger partial charge in [-0.15, -0.1) is 0 Å². The molecule has 0 aliphatic carbocycles. The summed E-state index contributed by atoms with van der Waals surface area (Å²) in [5, 5.41) is 30.8. The molecule has 0 spiro atoms. The molecule has 3 saturated heterocycles. The van der Waals surface area contributed by atoms with E-state index in [0.717, 1.165) is 142 Å². The normalized spacial score (nSPS) is 16.0. The smallest absolute Gasteiger partial charge is 0.320 e. The number of pyridine rings is 4. The highest BCUT2D eigenvalue weighted by molar-refractivity contribution is 5.79. The second-order valence-electron chi connectivity index (χ2n) is 24.9. The lowest BCUT2D eigenvalue weighted by Crippen LogP contribution is -2.44. The summed E-state index contributed by atoms with van der Waals surface area (Å²) in [5.74, 6) is 0.619. The van der Waals surface area contributed by atoms with Crippen molar-refractivity contribution in [3.05, 3.63) is 188 Å². The number of carboxylic acid groups (broad SMARTS) is 3. The van der Waals surface area contributed by atoms with E-state index in [4.69, 9.17) is 43.0 Å². The molecule has 23 heteroatoms. The van der Waals surface area contributed by atoms with E-state index in [-0.39, 0.29) is 17.8 Å². The number of piperidine rings is 3. The number of nitrogens with one attached hydrogen (secondary N) is 1. The summed E-state index contributed by atoms with van der Waals surface area (Å²) < 4.78 is 45.7. The summed E-state index contributed by atoms with van der Waals surface area (Å²) in [6.07, 6.45) is 9.39. The standard InChI is InChI=1S/C42H50N4O8.C30H28N2O6.C6H11NO2/c1-27-31(25-53-37-19-17-29(39(43-37)51-3)23-45-21-7-5-15-35(45)41(47)48)11-9-13-33(27)34-14-10-12-32(28(34)2)26-54-38-20-18-30(40(44-38)52-4)24-46-22-8-6-16-36(46)42(49)50;1-19-23(17-37-27-13-11-21(15-33)29(31-27)35-3)7-5-9-25(19)26-10-6-8-24(20(26)2)18-38-28-14-12-22(16-34)30(32-28)36-4;8-6(9)5-3-1-2-4-7-5/h9-14,17-20,35-36H,5-8,15-16,21-26H2,1-4H3,(H,47,48)(H,49,50);5-16H,17-18H2,1-4H3;5,7H,1-4H2,(H,8,9). The molecule has 0 saturated carbocycles. The summed E-state index contributed by atoms with van der Waals surface area (Å²) in [7, 11) is 6.06. The summed E-state index contributed by atoms with van der Waals surface area (Å²) >= 11 is 0. The van der Waals surface area contributed by atoms with Gasteiger partial charge < -0.3 is 58.5 Å². The second-order valence-corrected chi connectivity index (χ2v) is 24.9. The Bertz CT molecular complexity index is 3930. The van der Waals surface area contributed by atoms with Gasteiger partial charge in [0.25, 0.3) is 0 Å². The van der Waals surface area contributed by atoms with Crippen LogP contribution in [-0.2, 0) is 53.9 Å². The number of aliphatic carboxylic acids is 3. The molecular formula is C78H89N7O16. The molecular weight excluding hydrogens is 1290 g/mol. The predicted octanol–water partition coefficient (Wildman–Crippen LogP) is 12.6. The molecule has 4 N–H and O–H groups in total. The van der Waals surface area contributed by atoms with Gasteiger partial charge in [0.2, 0.25) is 47.0 Å². The van der Waals surface area contributed by atoms with Gasteiger partial charge in [0, 0.05) is 48.5 Å². The first-order chi connectivity index (χ1) is 48.9. The van der Waals surface area contributed by atoms with Gasteiger partial charge in [-0.25, -0.2) is 0 Å². The van der Waals surface area contributed by atoms with E-state index in [1.54, 1.807) is 38.5 Å². The predicted molar refractivity (Wildman–Crippen MR) is 379 cm³/mol. The highest BCUT2D eigenvalue weighted by Gasteiger charge is 2.31. The number of carbonyl (C=O) groups is 5. The Kier molecular flexibility index (Phi) is 27.0. The molecule has 0 amide bonds. The van der Waals surface area contributed by atoms with Crippen LogP contribution in [0.5, 0.6) is 47.0 Å². The second kappa shape index (κ2) is 36.6. The molecule has 0 bridgehead atoms. The first-order valence-corrected chi connectivity index (χ1v) is 33.8. The number of rotatable bonds is 27. The fourth-order valence-electron chi connectivity index (χ4n) is 12.7. The van der Waals surface area contributed by atoms with Crippen LogP contribution < -0.4 is 43.2 Å². The SMILES string of the molecule is COc1nc(OCc2cccc(-c3cccc(COc4ccc(C=O)c(OC)n4)c3C)c2C)ccc1C=O.COc1nc(OCc2cccc(-c3cccc(COc4ccc(CN5CCCCC5C(=O)O)c(OC)n4)c3C)c2C)ccc1CN1CCCCC1C(=O)O.O=C(O)C1CCCCN1. The van der Waals surface area contributed by atoms with Crippen molar-refractivity contribution in [3.63, 3.8) is 0 Å². The van der Waals surface area contributed by atoms with Gasteiger partial charge in [0.1, 0.15) is 44.6 Å².